The molecule has 28 heavy (non-hydrogen) atoms. The van der Waals surface area contributed by atoms with Crippen LogP contribution in [0.25, 0.3) is 0 Å². The van der Waals surface area contributed by atoms with Gasteiger partial charge in [0.15, 0.2) is 11.5 Å². The van der Waals surface area contributed by atoms with E-state index < -0.39 is 0 Å². The van der Waals surface area contributed by atoms with Gasteiger partial charge in [-0.1, -0.05) is 56.1 Å². The Morgan fingerprint density at radius 1 is 0.857 bits per heavy atom. The zero-order valence-corrected chi connectivity index (χ0v) is 19.1. The molecule has 0 heterocycles. The zero-order valence-electron chi connectivity index (χ0n) is 16.0. The highest BCUT2D eigenvalue weighted by atomic mass is 79.9. The largest absolute Gasteiger partial charge is 0.490 e. The van der Waals surface area contributed by atoms with Crippen LogP contribution in [0.15, 0.2) is 69.6 Å². The van der Waals surface area contributed by atoms with Crippen LogP contribution in [0.4, 0.5) is 5.69 Å². The monoisotopic (exact) mass is 503 g/mol. The fourth-order valence-corrected chi connectivity index (χ4v) is 3.51. The fourth-order valence-electron chi connectivity index (χ4n) is 2.79. The normalized spacial score (nSPS) is 10.6. The molecule has 0 radical (unpaired) electrons. The van der Waals surface area contributed by atoms with Crippen molar-refractivity contribution >= 4 is 37.5 Å². The molecule has 1 N–H and O–H groups in total. The molecule has 3 aromatic rings. The Labute approximate surface area is 183 Å². The van der Waals surface area contributed by atoms with Crippen LogP contribution in [0, 0.1) is 6.92 Å². The number of ether oxygens (including phenoxy) is 2. The Morgan fingerprint density at radius 2 is 1.57 bits per heavy atom. The van der Waals surface area contributed by atoms with Crippen molar-refractivity contribution in [2.45, 2.75) is 27.0 Å². The molecule has 0 aliphatic carbocycles. The highest BCUT2D eigenvalue weighted by molar-refractivity contribution is 9.10. The predicted molar refractivity (Wildman–Crippen MR) is 122 cm³/mol. The van der Waals surface area contributed by atoms with Crippen molar-refractivity contribution < 1.29 is 9.47 Å². The van der Waals surface area contributed by atoms with Gasteiger partial charge in [-0.05, 0) is 66.9 Å². The summed E-state index contributed by atoms with van der Waals surface area (Å²) < 4.78 is 14.0. The van der Waals surface area contributed by atoms with E-state index in [-0.39, 0.29) is 0 Å². The van der Waals surface area contributed by atoms with Crippen LogP contribution in [-0.4, -0.2) is 6.61 Å². The van der Waals surface area contributed by atoms with Gasteiger partial charge in [-0.15, -0.1) is 0 Å². The van der Waals surface area contributed by atoms with Gasteiger partial charge >= 0.3 is 0 Å². The number of aryl methyl sites for hydroxylation is 1. The topological polar surface area (TPSA) is 30.5 Å². The van der Waals surface area contributed by atoms with Gasteiger partial charge in [0.25, 0.3) is 0 Å². The second kappa shape index (κ2) is 9.99. The minimum atomic E-state index is 0.510. The summed E-state index contributed by atoms with van der Waals surface area (Å²) in [4.78, 5) is 0. The maximum atomic E-state index is 6.09. The molecule has 5 heteroatoms. The molecule has 0 unspecified atom stereocenters. The van der Waals surface area contributed by atoms with Gasteiger partial charge in [0.1, 0.15) is 6.61 Å². The van der Waals surface area contributed by atoms with Crippen molar-refractivity contribution in [2.75, 3.05) is 11.9 Å². The number of anilines is 1. The zero-order chi connectivity index (χ0) is 19.9. The van der Waals surface area contributed by atoms with Crippen molar-refractivity contribution in [2.24, 2.45) is 0 Å². The summed E-state index contributed by atoms with van der Waals surface area (Å²) >= 11 is 7.13. The minimum Gasteiger partial charge on any atom is -0.490 e. The molecule has 146 valence electrons. The molecule has 0 saturated carbocycles. The van der Waals surface area contributed by atoms with Crippen LogP contribution in [0.1, 0.15) is 23.6 Å². The summed E-state index contributed by atoms with van der Waals surface area (Å²) in [6, 6.07) is 20.4. The first kappa shape index (κ1) is 20.7. The molecule has 3 nitrogen and oxygen atoms in total. The van der Waals surface area contributed by atoms with E-state index in [0.29, 0.717) is 19.8 Å². The van der Waals surface area contributed by atoms with Gasteiger partial charge in [0, 0.05) is 21.2 Å². The molecule has 0 amide bonds. The summed E-state index contributed by atoms with van der Waals surface area (Å²) in [5, 5.41) is 3.44. The maximum Gasteiger partial charge on any atom is 0.162 e. The summed E-state index contributed by atoms with van der Waals surface area (Å²) in [6.07, 6.45) is 0. The molecule has 0 fully saturated rings. The number of halogens is 2. The van der Waals surface area contributed by atoms with Crippen LogP contribution in [0.5, 0.6) is 11.5 Å². The lowest BCUT2D eigenvalue weighted by Crippen LogP contribution is -2.04. The smallest absolute Gasteiger partial charge is 0.162 e. The Kier molecular flexibility index (Phi) is 7.40. The molecule has 3 aromatic carbocycles. The summed E-state index contributed by atoms with van der Waals surface area (Å²) in [5.74, 6) is 1.50. The Morgan fingerprint density at radius 3 is 2.29 bits per heavy atom. The third-order valence-electron chi connectivity index (χ3n) is 4.38. The molecular formula is C23H23Br2NO2. The minimum absolute atomic E-state index is 0.510. The average molecular weight is 505 g/mol. The summed E-state index contributed by atoms with van der Waals surface area (Å²) in [7, 11) is 0. The van der Waals surface area contributed by atoms with Crippen LogP contribution in [0.2, 0.25) is 0 Å². The SMILES string of the molecule is CCOc1cc(CNc2ccc(Br)cc2)c(Br)cc1OCc1ccccc1C. The first-order valence-corrected chi connectivity index (χ1v) is 10.8. The third-order valence-corrected chi connectivity index (χ3v) is 5.65. The van der Waals surface area contributed by atoms with Gasteiger partial charge < -0.3 is 14.8 Å². The van der Waals surface area contributed by atoms with E-state index >= 15 is 0 Å². The average Bonchev–Trinajstić information content (AvgIpc) is 2.69. The van der Waals surface area contributed by atoms with E-state index in [2.05, 4.69) is 56.2 Å². The number of hydrogen-bond donors (Lipinski definition) is 1. The van der Waals surface area contributed by atoms with Gasteiger partial charge in [-0.25, -0.2) is 0 Å². The lowest BCUT2D eigenvalue weighted by atomic mass is 10.1. The van der Waals surface area contributed by atoms with E-state index in [1.807, 2.05) is 55.5 Å². The molecule has 3 rings (SSSR count). The van der Waals surface area contributed by atoms with Gasteiger partial charge in [0.05, 0.1) is 6.61 Å². The Bertz CT molecular complexity index is 926. The van der Waals surface area contributed by atoms with E-state index in [4.69, 9.17) is 9.47 Å². The standard InChI is InChI=1S/C23H23Br2NO2/c1-3-27-22-12-18(14-26-20-10-8-19(24)9-11-20)21(25)13-23(22)28-15-17-7-5-4-6-16(17)2/h4-13,26H,3,14-15H2,1-2H3. The molecule has 0 aromatic heterocycles. The van der Waals surface area contributed by atoms with Crippen molar-refractivity contribution in [3.63, 3.8) is 0 Å². The third kappa shape index (κ3) is 5.52. The Balaban J connectivity index is 1.75. The molecule has 0 atom stereocenters. The first-order chi connectivity index (χ1) is 13.6. The highest BCUT2D eigenvalue weighted by Crippen LogP contribution is 2.35. The van der Waals surface area contributed by atoms with E-state index in [9.17, 15) is 0 Å². The van der Waals surface area contributed by atoms with Crippen molar-refractivity contribution in [1.29, 1.82) is 0 Å². The van der Waals surface area contributed by atoms with Crippen molar-refractivity contribution in [1.82, 2.24) is 0 Å². The van der Waals surface area contributed by atoms with Gasteiger partial charge in [-0.2, -0.15) is 0 Å². The molecule has 0 aliphatic rings. The van der Waals surface area contributed by atoms with Crippen LogP contribution in [0.3, 0.4) is 0 Å². The number of benzene rings is 3. The Hall–Kier alpha value is -1.98. The molecule has 0 spiro atoms. The number of rotatable bonds is 8. The summed E-state index contributed by atoms with van der Waals surface area (Å²) in [6.45, 7) is 5.85. The van der Waals surface area contributed by atoms with Crippen LogP contribution in [-0.2, 0) is 13.2 Å². The number of hydrogen-bond acceptors (Lipinski definition) is 3. The second-order valence-electron chi connectivity index (χ2n) is 6.40. The quantitative estimate of drug-likeness (QED) is 0.354. The molecule has 0 saturated heterocycles. The van der Waals surface area contributed by atoms with E-state index in [0.717, 1.165) is 31.7 Å². The first-order valence-electron chi connectivity index (χ1n) is 9.18. The van der Waals surface area contributed by atoms with E-state index in [1.165, 1.54) is 11.1 Å². The van der Waals surface area contributed by atoms with Gasteiger partial charge in [-0.3, -0.25) is 0 Å². The molecule has 0 aliphatic heterocycles. The molecular weight excluding hydrogens is 482 g/mol. The highest BCUT2D eigenvalue weighted by Gasteiger charge is 2.12. The maximum absolute atomic E-state index is 6.09. The van der Waals surface area contributed by atoms with Gasteiger partial charge in [0.2, 0.25) is 0 Å². The second-order valence-corrected chi connectivity index (χ2v) is 8.17. The van der Waals surface area contributed by atoms with E-state index in [1.54, 1.807) is 0 Å². The lowest BCUT2D eigenvalue weighted by molar-refractivity contribution is 0.268. The number of nitrogens with one attached hydrogen (secondary N) is 1. The molecule has 0 bridgehead atoms. The van der Waals surface area contributed by atoms with Crippen molar-refractivity contribution in [3.05, 3.63) is 86.3 Å². The fraction of sp³-hybridized carbons (Fsp3) is 0.217. The van der Waals surface area contributed by atoms with Crippen LogP contribution < -0.4 is 14.8 Å². The predicted octanol–water partition coefficient (Wildman–Crippen LogP) is 7.11. The van der Waals surface area contributed by atoms with Crippen molar-refractivity contribution in [3.8, 4) is 11.5 Å². The van der Waals surface area contributed by atoms with Crippen LogP contribution >= 0.6 is 31.9 Å². The summed E-state index contributed by atoms with van der Waals surface area (Å²) in [5.41, 5.74) is 4.56. The lowest BCUT2D eigenvalue weighted by Gasteiger charge is -2.16.